The van der Waals surface area contributed by atoms with Crippen molar-refractivity contribution in [2.24, 2.45) is 0 Å². The van der Waals surface area contributed by atoms with Crippen LogP contribution in [0.4, 0.5) is 0 Å². The van der Waals surface area contributed by atoms with Crippen molar-refractivity contribution in [3.05, 3.63) is 53.7 Å². The minimum atomic E-state index is 0.0180. The van der Waals surface area contributed by atoms with Crippen LogP contribution in [0.1, 0.15) is 48.1 Å². The normalized spacial score (nSPS) is 18.9. The Labute approximate surface area is 142 Å². The molecule has 24 heavy (non-hydrogen) atoms. The highest BCUT2D eigenvalue weighted by Gasteiger charge is 2.27. The molecule has 0 bridgehead atoms. The third-order valence-electron chi connectivity index (χ3n) is 4.35. The molecule has 0 spiro atoms. The first-order chi connectivity index (χ1) is 11.6. The highest BCUT2D eigenvalue weighted by Crippen LogP contribution is 2.18. The summed E-state index contributed by atoms with van der Waals surface area (Å²) >= 11 is 0. The van der Waals surface area contributed by atoms with E-state index in [1.165, 1.54) is 6.26 Å². The van der Waals surface area contributed by atoms with Crippen LogP contribution in [0.15, 0.2) is 41.0 Å². The van der Waals surface area contributed by atoms with Crippen molar-refractivity contribution in [1.29, 1.82) is 0 Å². The SMILES string of the molecule is CC(C)c1cccc(CN2CCOC[C@@H]2CC(=O)c2ccco2)n1. The molecule has 1 fully saturated rings. The summed E-state index contributed by atoms with van der Waals surface area (Å²) in [5.74, 6) is 0.843. The van der Waals surface area contributed by atoms with E-state index in [1.54, 1.807) is 12.1 Å². The van der Waals surface area contributed by atoms with E-state index in [9.17, 15) is 4.79 Å². The predicted molar refractivity (Wildman–Crippen MR) is 91.0 cm³/mol. The van der Waals surface area contributed by atoms with Gasteiger partial charge in [0.25, 0.3) is 0 Å². The Morgan fingerprint density at radius 1 is 1.33 bits per heavy atom. The lowest BCUT2D eigenvalue weighted by Crippen LogP contribution is -2.46. The molecular formula is C19H24N2O3. The molecule has 2 aromatic rings. The fraction of sp³-hybridized carbons (Fsp3) is 0.474. The maximum Gasteiger partial charge on any atom is 0.199 e. The molecule has 0 aromatic carbocycles. The number of furan rings is 1. The first-order valence-electron chi connectivity index (χ1n) is 8.48. The van der Waals surface area contributed by atoms with Gasteiger partial charge in [-0.05, 0) is 30.2 Å². The number of pyridine rings is 1. The van der Waals surface area contributed by atoms with Crippen LogP contribution in [0.3, 0.4) is 0 Å². The molecule has 0 saturated carbocycles. The summed E-state index contributed by atoms with van der Waals surface area (Å²) < 4.78 is 10.8. The van der Waals surface area contributed by atoms with Gasteiger partial charge in [-0.2, -0.15) is 0 Å². The minimum Gasteiger partial charge on any atom is -0.461 e. The van der Waals surface area contributed by atoms with Crippen molar-refractivity contribution >= 4 is 5.78 Å². The van der Waals surface area contributed by atoms with Gasteiger partial charge >= 0.3 is 0 Å². The van der Waals surface area contributed by atoms with E-state index in [0.29, 0.717) is 31.3 Å². The van der Waals surface area contributed by atoms with Gasteiger partial charge in [-0.1, -0.05) is 19.9 Å². The second-order valence-electron chi connectivity index (χ2n) is 6.51. The summed E-state index contributed by atoms with van der Waals surface area (Å²) in [6, 6.07) is 9.67. The highest BCUT2D eigenvalue weighted by atomic mass is 16.5. The second-order valence-corrected chi connectivity index (χ2v) is 6.51. The third kappa shape index (κ3) is 4.10. The second kappa shape index (κ2) is 7.73. The molecule has 3 rings (SSSR count). The van der Waals surface area contributed by atoms with Gasteiger partial charge in [0, 0.05) is 31.2 Å². The van der Waals surface area contributed by atoms with E-state index in [0.717, 1.165) is 24.5 Å². The quantitative estimate of drug-likeness (QED) is 0.762. The molecule has 1 atom stereocenters. The maximum absolute atomic E-state index is 12.3. The number of carbonyl (C=O) groups excluding carboxylic acids is 1. The molecule has 0 unspecified atom stereocenters. The van der Waals surface area contributed by atoms with Crippen molar-refractivity contribution in [3.63, 3.8) is 0 Å². The van der Waals surface area contributed by atoms with E-state index >= 15 is 0 Å². The molecule has 5 heteroatoms. The lowest BCUT2D eigenvalue weighted by atomic mass is 10.1. The molecular weight excluding hydrogens is 304 g/mol. The fourth-order valence-corrected chi connectivity index (χ4v) is 2.95. The lowest BCUT2D eigenvalue weighted by Gasteiger charge is -2.35. The lowest BCUT2D eigenvalue weighted by molar-refractivity contribution is -0.0133. The largest absolute Gasteiger partial charge is 0.461 e. The van der Waals surface area contributed by atoms with E-state index in [-0.39, 0.29) is 11.8 Å². The first kappa shape index (κ1) is 16.9. The zero-order chi connectivity index (χ0) is 16.9. The molecule has 2 aromatic heterocycles. The smallest absolute Gasteiger partial charge is 0.199 e. The van der Waals surface area contributed by atoms with Crippen molar-refractivity contribution in [1.82, 2.24) is 9.88 Å². The van der Waals surface area contributed by atoms with Crippen LogP contribution < -0.4 is 0 Å². The molecule has 5 nitrogen and oxygen atoms in total. The zero-order valence-electron chi connectivity index (χ0n) is 14.3. The van der Waals surface area contributed by atoms with Gasteiger partial charge in [0.05, 0.1) is 25.2 Å². The number of hydrogen-bond donors (Lipinski definition) is 0. The van der Waals surface area contributed by atoms with E-state index in [4.69, 9.17) is 14.1 Å². The molecule has 0 N–H and O–H groups in total. The molecule has 0 aliphatic carbocycles. The van der Waals surface area contributed by atoms with Crippen molar-refractivity contribution in [3.8, 4) is 0 Å². The predicted octanol–water partition coefficient (Wildman–Crippen LogP) is 3.27. The number of aromatic nitrogens is 1. The molecule has 1 aliphatic heterocycles. The van der Waals surface area contributed by atoms with Crippen LogP contribution in [0, 0.1) is 0 Å². The van der Waals surface area contributed by atoms with Crippen molar-refractivity contribution in [2.75, 3.05) is 19.8 Å². The first-order valence-corrected chi connectivity index (χ1v) is 8.48. The Balaban J connectivity index is 1.68. The zero-order valence-corrected chi connectivity index (χ0v) is 14.3. The average Bonchev–Trinajstić information content (AvgIpc) is 3.11. The molecule has 0 amide bonds. The number of nitrogens with zero attached hydrogens (tertiary/aromatic N) is 2. The summed E-state index contributed by atoms with van der Waals surface area (Å²) in [5, 5.41) is 0. The van der Waals surface area contributed by atoms with Gasteiger partial charge in [0.2, 0.25) is 0 Å². The molecule has 1 saturated heterocycles. The van der Waals surface area contributed by atoms with Gasteiger partial charge in [0.15, 0.2) is 11.5 Å². The highest BCUT2D eigenvalue weighted by molar-refractivity contribution is 5.93. The minimum absolute atomic E-state index is 0.0180. The third-order valence-corrected chi connectivity index (χ3v) is 4.35. The molecule has 0 radical (unpaired) electrons. The number of rotatable bonds is 6. The Morgan fingerprint density at radius 3 is 2.96 bits per heavy atom. The summed E-state index contributed by atoms with van der Waals surface area (Å²) in [6.45, 7) is 7.09. The van der Waals surface area contributed by atoms with Crippen LogP contribution in [-0.2, 0) is 11.3 Å². The van der Waals surface area contributed by atoms with Crippen LogP contribution >= 0.6 is 0 Å². The number of ether oxygens (including phenoxy) is 1. The molecule has 1 aliphatic rings. The number of morpholine rings is 1. The van der Waals surface area contributed by atoms with Gasteiger partial charge in [-0.3, -0.25) is 14.7 Å². The number of hydrogen-bond acceptors (Lipinski definition) is 5. The van der Waals surface area contributed by atoms with E-state index in [1.807, 2.05) is 6.07 Å². The number of Topliss-reactive ketones (excluding diaryl/α,β-unsaturated/α-hetero) is 1. The van der Waals surface area contributed by atoms with Gasteiger partial charge in [-0.15, -0.1) is 0 Å². The Hall–Kier alpha value is -1.98. The summed E-state index contributed by atoms with van der Waals surface area (Å²) in [7, 11) is 0. The van der Waals surface area contributed by atoms with Crippen LogP contribution in [-0.4, -0.2) is 41.5 Å². The summed E-state index contributed by atoms with van der Waals surface area (Å²) in [4.78, 5) is 19.4. The number of ketones is 1. The topological polar surface area (TPSA) is 55.6 Å². The fourth-order valence-electron chi connectivity index (χ4n) is 2.95. The van der Waals surface area contributed by atoms with Crippen LogP contribution in [0.25, 0.3) is 0 Å². The number of carbonyl (C=O) groups is 1. The monoisotopic (exact) mass is 328 g/mol. The van der Waals surface area contributed by atoms with Gasteiger partial charge in [0.1, 0.15) is 0 Å². The van der Waals surface area contributed by atoms with Gasteiger partial charge in [-0.25, -0.2) is 0 Å². The van der Waals surface area contributed by atoms with E-state index in [2.05, 4.69) is 30.9 Å². The van der Waals surface area contributed by atoms with Gasteiger partial charge < -0.3 is 9.15 Å². The Morgan fingerprint density at radius 2 is 2.21 bits per heavy atom. The van der Waals surface area contributed by atoms with Crippen LogP contribution in [0.5, 0.6) is 0 Å². The molecule has 3 heterocycles. The molecule has 128 valence electrons. The summed E-state index contributed by atoms with van der Waals surface area (Å²) in [6.07, 6.45) is 1.93. The Kier molecular flexibility index (Phi) is 5.43. The van der Waals surface area contributed by atoms with Crippen molar-refractivity contribution < 1.29 is 13.9 Å². The summed E-state index contributed by atoms with van der Waals surface area (Å²) in [5.41, 5.74) is 2.14. The maximum atomic E-state index is 12.3. The van der Waals surface area contributed by atoms with E-state index < -0.39 is 0 Å². The standard InChI is InChI=1S/C19H24N2O3/c1-14(2)17-6-3-5-15(20-17)12-21-8-10-23-13-16(21)11-18(22)19-7-4-9-24-19/h3-7,9,14,16H,8,10-13H2,1-2H3/t16-/m0/s1. The Bertz CT molecular complexity index is 667. The van der Waals surface area contributed by atoms with Crippen LogP contribution in [0.2, 0.25) is 0 Å². The van der Waals surface area contributed by atoms with Crippen molar-refractivity contribution in [2.45, 2.75) is 38.8 Å². The average molecular weight is 328 g/mol.